The van der Waals surface area contributed by atoms with Crippen LogP contribution in [-0.2, 0) is 16.6 Å². The lowest BCUT2D eigenvalue weighted by Crippen LogP contribution is -2.29. The fraction of sp³-hybridized carbons (Fsp3) is 0.0741. The predicted molar refractivity (Wildman–Crippen MR) is 136 cm³/mol. The van der Waals surface area contributed by atoms with E-state index >= 15 is 0 Å². The van der Waals surface area contributed by atoms with Crippen LogP contribution in [0, 0.1) is 5.82 Å². The lowest BCUT2D eigenvalue weighted by molar-refractivity contribution is 0.102. The molecule has 6 nitrogen and oxygen atoms in total. The number of halogens is 1. The highest BCUT2D eigenvalue weighted by Crippen LogP contribution is 2.30. The molecular weight excluding hydrogens is 467 g/mol. The molecule has 1 N–H and O–H groups in total. The lowest BCUT2D eigenvalue weighted by atomic mass is 10.1. The molecule has 8 heteroatoms. The van der Waals surface area contributed by atoms with Crippen molar-refractivity contribution in [2.45, 2.75) is 6.54 Å². The van der Waals surface area contributed by atoms with Gasteiger partial charge in [0.2, 0.25) is 10.0 Å². The van der Waals surface area contributed by atoms with Gasteiger partial charge in [0.15, 0.2) is 0 Å². The highest BCUT2D eigenvalue weighted by Gasteiger charge is 2.18. The Balaban J connectivity index is 1.32. The first kappa shape index (κ1) is 22.6. The molecule has 0 bridgehead atoms. The number of carbonyl (C=O) groups excluding carboxylic acids is 1. The SMILES string of the molecule is CS(=O)(=O)N(Cc1ccc(C(=O)Nc2ccc3c(c2)oc2ccccc23)cc1)c1ccc(F)cc1. The van der Waals surface area contributed by atoms with E-state index in [1.807, 2.05) is 36.4 Å². The molecule has 176 valence electrons. The van der Waals surface area contributed by atoms with E-state index in [-0.39, 0.29) is 12.5 Å². The molecule has 0 aliphatic heterocycles. The summed E-state index contributed by atoms with van der Waals surface area (Å²) in [5.74, 6) is -0.748. The maximum atomic E-state index is 13.3. The molecule has 0 saturated carbocycles. The van der Waals surface area contributed by atoms with Gasteiger partial charge in [-0.25, -0.2) is 12.8 Å². The van der Waals surface area contributed by atoms with Crippen LogP contribution in [0.1, 0.15) is 15.9 Å². The van der Waals surface area contributed by atoms with Gasteiger partial charge in [-0.05, 0) is 60.2 Å². The molecule has 0 aliphatic rings. The molecule has 0 radical (unpaired) electrons. The van der Waals surface area contributed by atoms with Crippen molar-refractivity contribution in [2.24, 2.45) is 0 Å². The van der Waals surface area contributed by atoms with Crippen molar-refractivity contribution in [1.29, 1.82) is 0 Å². The number of hydrogen-bond acceptors (Lipinski definition) is 4. The molecule has 0 fully saturated rings. The molecule has 5 aromatic rings. The Morgan fingerprint density at radius 3 is 2.29 bits per heavy atom. The van der Waals surface area contributed by atoms with E-state index < -0.39 is 15.8 Å². The summed E-state index contributed by atoms with van der Waals surface area (Å²) in [5, 5.41) is 4.86. The van der Waals surface area contributed by atoms with Crippen LogP contribution in [0.5, 0.6) is 0 Å². The molecule has 1 heterocycles. The van der Waals surface area contributed by atoms with Crippen LogP contribution in [0.4, 0.5) is 15.8 Å². The number of para-hydroxylation sites is 1. The molecule has 1 amide bonds. The number of sulfonamides is 1. The Morgan fingerprint density at radius 1 is 0.886 bits per heavy atom. The molecule has 35 heavy (non-hydrogen) atoms. The zero-order valence-corrected chi connectivity index (χ0v) is 19.6. The van der Waals surface area contributed by atoms with Gasteiger partial charge in [-0.1, -0.05) is 30.3 Å². The van der Waals surface area contributed by atoms with E-state index in [0.717, 1.165) is 22.6 Å². The van der Waals surface area contributed by atoms with E-state index in [9.17, 15) is 17.6 Å². The van der Waals surface area contributed by atoms with Crippen LogP contribution in [0.2, 0.25) is 0 Å². The third kappa shape index (κ3) is 4.74. The number of anilines is 2. The second-order valence-corrected chi connectivity index (χ2v) is 10.1. The van der Waals surface area contributed by atoms with Gasteiger partial charge in [0, 0.05) is 28.1 Å². The molecule has 5 rings (SSSR count). The molecule has 0 spiro atoms. The van der Waals surface area contributed by atoms with Gasteiger partial charge in [0.1, 0.15) is 17.0 Å². The number of benzene rings is 4. The number of furan rings is 1. The summed E-state index contributed by atoms with van der Waals surface area (Å²) >= 11 is 0. The van der Waals surface area contributed by atoms with Crippen molar-refractivity contribution in [3.63, 3.8) is 0 Å². The van der Waals surface area contributed by atoms with Gasteiger partial charge in [0.05, 0.1) is 18.5 Å². The number of amides is 1. The zero-order valence-electron chi connectivity index (χ0n) is 18.7. The minimum absolute atomic E-state index is 0.0507. The van der Waals surface area contributed by atoms with Gasteiger partial charge in [0.25, 0.3) is 5.91 Å². The highest BCUT2D eigenvalue weighted by molar-refractivity contribution is 7.92. The minimum Gasteiger partial charge on any atom is -0.456 e. The Labute approximate surface area is 201 Å². The van der Waals surface area contributed by atoms with Gasteiger partial charge < -0.3 is 9.73 Å². The van der Waals surface area contributed by atoms with Gasteiger partial charge in [-0.2, -0.15) is 0 Å². The third-order valence-electron chi connectivity index (χ3n) is 5.69. The number of hydrogen-bond donors (Lipinski definition) is 1. The van der Waals surface area contributed by atoms with Crippen molar-refractivity contribution in [2.75, 3.05) is 15.9 Å². The van der Waals surface area contributed by atoms with Crippen LogP contribution in [0.15, 0.2) is 95.4 Å². The summed E-state index contributed by atoms with van der Waals surface area (Å²) in [6.45, 7) is 0.0507. The number of fused-ring (bicyclic) bond motifs is 3. The number of rotatable bonds is 6. The summed E-state index contributed by atoms with van der Waals surface area (Å²) < 4.78 is 44.9. The van der Waals surface area contributed by atoms with Crippen LogP contribution in [0.3, 0.4) is 0 Å². The first-order valence-electron chi connectivity index (χ1n) is 10.8. The maximum absolute atomic E-state index is 13.3. The molecule has 1 aromatic heterocycles. The average molecular weight is 489 g/mol. The Kier molecular flexibility index (Phi) is 5.74. The van der Waals surface area contributed by atoms with E-state index in [4.69, 9.17) is 4.42 Å². The van der Waals surface area contributed by atoms with E-state index in [1.165, 1.54) is 28.6 Å². The fourth-order valence-corrected chi connectivity index (χ4v) is 4.83. The highest BCUT2D eigenvalue weighted by atomic mass is 32.2. The quantitative estimate of drug-likeness (QED) is 0.321. The van der Waals surface area contributed by atoms with Crippen LogP contribution >= 0.6 is 0 Å². The molecule has 0 saturated heterocycles. The minimum atomic E-state index is -3.60. The lowest BCUT2D eigenvalue weighted by Gasteiger charge is -2.22. The smallest absolute Gasteiger partial charge is 0.255 e. The second kappa shape index (κ2) is 8.88. The molecule has 0 unspecified atom stereocenters. The molecule has 0 atom stereocenters. The first-order chi connectivity index (χ1) is 16.8. The molecular formula is C27H21FN2O4S. The van der Waals surface area contributed by atoms with Gasteiger partial charge in [-0.15, -0.1) is 0 Å². The average Bonchev–Trinajstić information content (AvgIpc) is 3.21. The molecule has 0 aliphatic carbocycles. The largest absolute Gasteiger partial charge is 0.456 e. The predicted octanol–water partition coefficient (Wildman–Crippen LogP) is 5.94. The fourth-order valence-electron chi connectivity index (χ4n) is 3.94. The van der Waals surface area contributed by atoms with Gasteiger partial charge >= 0.3 is 0 Å². The van der Waals surface area contributed by atoms with Gasteiger partial charge in [-0.3, -0.25) is 9.10 Å². The van der Waals surface area contributed by atoms with Crippen LogP contribution in [-0.4, -0.2) is 20.6 Å². The maximum Gasteiger partial charge on any atom is 0.255 e. The number of carbonyl (C=O) groups is 1. The summed E-state index contributed by atoms with van der Waals surface area (Å²) in [6, 6.07) is 25.2. The number of nitrogens with zero attached hydrogens (tertiary/aromatic N) is 1. The number of nitrogens with one attached hydrogen (secondary N) is 1. The first-order valence-corrected chi connectivity index (χ1v) is 12.7. The van der Waals surface area contributed by atoms with E-state index in [0.29, 0.717) is 28.1 Å². The summed E-state index contributed by atoms with van der Waals surface area (Å²) in [4.78, 5) is 12.8. The van der Waals surface area contributed by atoms with Crippen molar-refractivity contribution < 1.29 is 22.0 Å². The third-order valence-corrected chi connectivity index (χ3v) is 6.83. The van der Waals surface area contributed by atoms with Crippen LogP contribution in [0.25, 0.3) is 21.9 Å². The normalized spacial score (nSPS) is 11.6. The Hall–Kier alpha value is -4.17. The summed E-state index contributed by atoms with van der Waals surface area (Å²) in [5.41, 5.74) is 3.53. The second-order valence-electron chi connectivity index (χ2n) is 8.21. The summed E-state index contributed by atoms with van der Waals surface area (Å²) in [7, 11) is -3.60. The Bertz CT molecular complexity index is 1640. The van der Waals surface area contributed by atoms with E-state index in [2.05, 4.69) is 5.32 Å². The monoisotopic (exact) mass is 488 g/mol. The topological polar surface area (TPSA) is 79.6 Å². The zero-order chi connectivity index (χ0) is 24.6. The summed E-state index contributed by atoms with van der Waals surface area (Å²) in [6.07, 6.45) is 1.09. The molecule has 4 aromatic carbocycles. The van der Waals surface area contributed by atoms with Crippen molar-refractivity contribution in [3.05, 3.63) is 108 Å². The van der Waals surface area contributed by atoms with Crippen LogP contribution < -0.4 is 9.62 Å². The standard InChI is InChI=1S/C27H21FN2O4S/c1-35(32,33)30(22-13-10-20(28)11-14-22)17-18-6-8-19(9-7-18)27(31)29-21-12-15-24-23-4-2-3-5-25(23)34-26(24)16-21/h2-16H,17H2,1H3,(H,29,31). The van der Waals surface area contributed by atoms with Crippen molar-refractivity contribution in [3.8, 4) is 0 Å². The van der Waals surface area contributed by atoms with E-state index in [1.54, 1.807) is 30.3 Å². The van der Waals surface area contributed by atoms with Crippen molar-refractivity contribution >= 4 is 49.2 Å². The van der Waals surface area contributed by atoms with Crippen molar-refractivity contribution in [1.82, 2.24) is 0 Å². The Morgan fingerprint density at radius 2 is 1.57 bits per heavy atom.